The van der Waals surface area contributed by atoms with E-state index in [1.165, 1.54) is 22.1 Å². The monoisotopic (exact) mass is 566 g/mol. The van der Waals surface area contributed by atoms with E-state index in [-0.39, 0.29) is 41.7 Å². The first kappa shape index (κ1) is 31.7. The highest BCUT2D eigenvalue weighted by Gasteiger charge is 2.29. The molecule has 0 atom stereocenters. The Labute approximate surface area is 230 Å². The molecule has 2 aromatic rings. The zero-order chi connectivity index (χ0) is 28.5. The quantitative estimate of drug-likeness (QED) is 0.294. The number of carbonyl (C=O) groups is 1. The summed E-state index contributed by atoms with van der Waals surface area (Å²) in [6.45, 7) is 13.0. The Hall–Kier alpha value is -2.56. The van der Waals surface area contributed by atoms with Crippen molar-refractivity contribution in [2.45, 2.75) is 82.5 Å². The van der Waals surface area contributed by atoms with Crippen molar-refractivity contribution in [1.82, 2.24) is 9.62 Å². The van der Waals surface area contributed by atoms with Crippen molar-refractivity contribution in [3.05, 3.63) is 66.0 Å². The van der Waals surface area contributed by atoms with Gasteiger partial charge in [0.05, 0.1) is 4.90 Å². The molecule has 210 valence electrons. The molecule has 0 aliphatic carbocycles. The third-order valence-electron chi connectivity index (χ3n) is 5.09. The van der Waals surface area contributed by atoms with Gasteiger partial charge in [-0.15, -0.1) is 11.8 Å². The first-order valence-corrected chi connectivity index (χ1v) is 14.9. The molecule has 0 radical (unpaired) electrons. The van der Waals surface area contributed by atoms with Gasteiger partial charge in [-0.1, -0.05) is 24.3 Å². The van der Waals surface area contributed by atoms with Gasteiger partial charge in [-0.2, -0.15) is 4.31 Å². The van der Waals surface area contributed by atoms with E-state index in [4.69, 9.17) is 9.47 Å². The second-order valence-electron chi connectivity index (χ2n) is 10.2. The van der Waals surface area contributed by atoms with Gasteiger partial charge in [0.25, 0.3) is 0 Å². The molecule has 0 saturated carbocycles. The lowest BCUT2D eigenvalue weighted by Gasteiger charge is -2.29. The molecule has 10 heteroatoms. The Morgan fingerprint density at radius 2 is 1.66 bits per heavy atom. The lowest BCUT2D eigenvalue weighted by Crippen LogP contribution is -2.41. The Balaban J connectivity index is 1.96. The van der Waals surface area contributed by atoms with E-state index in [1.807, 2.05) is 45.9 Å². The average molecular weight is 567 g/mol. The summed E-state index contributed by atoms with van der Waals surface area (Å²) >= 11 is 1.28. The van der Waals surface area contributed by atoms with Crippen LogP contribution in [0.25, 0.3) is 0 Å². The van der Waals surface area contributed by atoms with Crippen LogP contribution in [0.5, 0.6) is 5.75 Å². The van der Waals surface area contributed by atoms with Crippen LogP contribution in [0.1, 0.15) is 54.0 Å². The summed E-state index contributed by atoms with van der Waals surface area (Å²) in [6.07, 6.45) is 0.700. The van der Waals surface area contributed by atoms with Gasteiger partial charge in [0.2, 0.25) is 10.0 Å². The van der Waals surface area contributed by atoms with Crippen molar-refractivity contribution >= 4 is 27.9 Å². The fraction of sp³-hybridized carbons (Fsp3) is 0.464. The van der Waals surface area contributed by atoms with Crippen molar-refractivity contribution in [3.8, 4) is 5.75 Å². The van der Waals surface area contributed by atoms with Gasteiger partial charge in [0.15, 0.2) is 0 Å². The molecule has 0 aliphatic rings. The van der Waals surface area contributed by atoms with E-state index in [9.17, 15) is 17.6 Å². The van der Waals surface area contributed by atoms with E-state index in [1.54, 1.807) is 51.1 Å². The fourth-order valence-corrected chi connectivity index (χ4v) is 6.33. The molecular formula is C28H39FN2O5S2. The lowest BCUT2D eigenvalue weighted by atomic mass is 10.2. The maximum atomic E-state index is 14.3. The number of hydrogen-bond acceptors (Lipinski definition) is 6. The summed E-state index contributed by atoms with van der Waals surface area (Å²) in [6, 6.07) is 13.7. The predicted octanol–water partition coefficient (Wildman–Crippen LogP) is 6.54. The number of sulfonamides is 1. The Kier molecular flexibility index (Phi) is 11.7. The van der Waals surface area contributed by atoms with E-state index in [0.717, 1.165) is 10.5 Å². The highest BCUT2D eigenvalue weighted by Crippen LogP contribution is 2.31. The van der Waals surface area contributed by atoms with Crippen molar-refractivity contribution in [2.24, 2.45) is 0 Å². The molecule has 0 spiro atoms. The molecule has 38 heavy (non-hydrogen) atoms. The number of halogens is 1. The second kappa shape index (κ2) is 14.0. The van der Waals surface area contributed by atoms with Gasteiger partial charge < -0.3 is 14.8 Å². The number of amides is 1. The number of thioether (sulfide) groups is 1. The topological polar surface area (TPSA) is 84.9 Å². The summed E-state index contributed by atoms with van der Waals surface area (Å²) in [5, 5.41) is 2.50. The highest BCUT2D eigenvalue weighted by atomic mass is 32.2. The zero-order valence-corrected chi connectivity index (χ0v) is 24.8. The molecule has 0 unspecified atom stereocenters. The normalized spacial score (nSPS) is 12.8. The summed E-state index contributed by atoms with van der Waals surface area (Å²) < 4.78 is 53.0. The first-order chi connectivity index (χ1) is 17.7. The van der Waals surface area contributed by atoms with E-state index >= 15 is 0 Å². The summed E-state index contributed by atoms with van der Waals surface area (Å²) in [5.41, 5.74) is 0.192. The van der Waals surface area contributed by atoms with Gasteiger partial charge in [0, 0.05) is 29.3 Å². The van der Waals surface area contributed by atoms with Crippen molar-refractivity contribution in [3.63, 3.8) is 0 Å². The molecule has 7 nitrogen and oxygen atoms in total. The fourth-order valence-electron chi connectivity index (χ4n) is 3.65. The molecule has 0 bridgehead atoms. The lowest BCUT2D eigenvalue weighted by molar-refractivity contribution is 0.0534. The van der Waals surface area contributed by atoms with Crippen molar-refractivity contribution in [2.75, 3.05) is 12.3 Å². The van der Waals surface area contributed by atoms with Crippen molar-refractivity contribution < 1.29 is 27.1 Å². The zero-order valence-electron chi connectivity index (χ0n) is 23.2. The SMILES string of the molecule is CC(C)N(C(C)C)S(=O)(=O)c1ccc(COc2ccccc2SC/C(F)=C/CNC(=O)OC(C)(C)C)cc1. The van der Waals surface area contributed by atoms with Gasteiger partial charge in [0.1, 0.15) is 23.8 Å². The number of ether oxygens (including phenoxy) is 2. The summed E-state index contributed by atoms with van der Waals surface area (Å²) in [5.74, 6) is 0.291. The van der Waals surface area contributed by atoms with Crippen LogP contribution in [0.15, 0.2) is 70.2 Å². The maximum Gasteiger partial charge on any atom is 0.407 e. The summed E-state index contributed by atoms with van der Waals surface area (Å²) in [4.78, 5) is 12.7. The van der Waals surface area contributed by atoms with E-state index in [2.05, 4.69) is 5.32 Å². The van der Waals surface area contributed by atoms with Crippen LogP contribution in [0.4, 0.5) is 9.18 Å². The van der Waals surface area contributed by atoms with Crippen LogP contribution >= 0.6 is 11.8 Å². The number of carbonyl (C=O) groups excluding carboxylic acids is 1. The van der Waals surface area contributed by atoms with Crippen LogP contribution in [-0.2, 0) is 21.4 Å². The molecule has 2 rings (SSSR count). The Morgan fingerprint density at radius 1 is 1.05 bits per heavy atom. The Morgan fingerprint density at radius 3 is 2.24 bits per heavy atom. The number of nitrogens with one attached hydrogen (secondary N) is 1. The number of para-hydroxylation sites is 1. The van der Waals surface area contributed by atoms with Gasteiger partial charge in [-0.25, -0.2) is 17.6 Å². The van der Waals surface area contributed by atoms with E-state index < -0.39 is 21.7 Å². The number of hydrogen-bond donors (Lipinski definition) is 1. The third kappa shape index (κ3) is 9.96. The molecule has 1 amide bonds. The molecule has 0 aromatic heterocycles. The molecular weight excluding hydrogens is 527 g/mol. The van der Waals surface area contributed by atoms with Crippen LogP contribution in [-0.4, -0.2) is 48.8 Å². The molecule has 0 aliphatic heterocycles. The molecule has 1 N–H and O–H groups in total. The van der Waals surface area contributed by atoms with E-state index in [0.29, 0.717) is 5.75 Å². The minimum Gasteiger partial charge on any atom is -0.488 e. The number of nitrogens with zero attached hydrogens (tertiary/aromatic N) is 1. The molecule has 0 heterocycles. The smallest absolute Gasteiger partial charge is 0.407 e. The van der Waals surface area contributed by atoms with Crippen LogP contribution in [0.3, 0.4) is 0 Å². The number of alkyl carbamates (subject to hydrolysis) is 1. The Bertz CT molecular complexity index is 1180. The average Bonchev–Trinajstić information content (AvgIpc) is 2.80. The van der Waals surface area contributed by atoms with Gasteiger partial charge in [-0.05, 0) is 84.4 Å². The minimum absolute atomic E-state index is 0.0251. The second-order valence-corrected chi connectivity index (χ2v) is 13.1. The molecule has 0 saturated heterocycles. The van der Waals surface area contributed by atoms with Crippen LogP contribution < -0.4 is 10.1 Å². The largest absolute Gasteiger partial charge is 0.488 e. The molecule has 0 fully saturated rings. The van der Waals surface area contributed by atoms with Crippen LogP contribution in [0.2, 0.25) is 0 Å². The van der Waals surface area contributed by atoms with Crippen LogP contribution in [0, 0.1) is 0 Å². The number of benzene rings is 2. The minimum atomic E-state index is -3.61. The molecule has 2 aromatic carbocycles. The highest BCUT2D eigenvalue weighted by molar-refractivity contribution is 7.99. The van der Waals surface area contributed by atoms with Gasteiger partial charge in [-0.3, -0.25) is 0 Å². The van der Waals surface area contributed by atoms with Gasteiger partial charge >= 0.3 is 6.09 Å². The van der Waals surface area contributed by atoms with Crippen molar-refractivity contribution in [1.29, 1.82) is 0 Å². The maximum absolute atomic E-state index is 14.3. The first-order valence-electron chi connectivity index (χ1n) is 12.5. The standard InChI is InChI=1S/C28H39FN2O5S2/c1-20(2)31(21(3)4)38(33,34)24-14-12-22(13-15-24)18-35-25-10-8-9-11-26(25)37-19-23(29)16-17-30-27(32)36-28(5,6)7/h8-16,20-21H,17-19H2,1-7H3,(H,30,32)/b23-16-. The predicted molar refractivity (Wildman–Crippen MR) is 151 cm³/mol. The summed E-state index contributed by atoms with van der Waals surface area (Å²) in [7, 11) is -3.61. The number of rotatable bonds is 12. The third-order valence-corrected chi connectivity index (χ3v) is 8.43.